The molecule has 0 bridgehead atoms. The Morgan fingerprint density at radius 3 is 2.26 bits per heavy atom. The van der Waals surface area contributed by atoms with E-state index < -0.39 is 10.0 Å². The number of piperazine rings is 1. The van der Waals surface area contributed by atoms with E-state index in [9.17, 15) is 8.42 Å². The van der Waals surface area contributed by atoms with Gasteiger partial charge < -0.3 is 4.42 Å². The zero-order valence-corrected chi connectivity index (χ0v) is 16.3. The van der Waals surface area contributed by atoms with E-state index in [4.69, 9.17) is 4.42 Å². The van der Waals surface area contributed by atoms with Gasteiger partial charge in [0, 0.05) is 52.0 Å². The van der Waals surface area contributed by atoms with Gasteiger partial charge in [-0.05, 0) is 37.1 Å². The maximum atomic E-state index is 12.6. The minimum absolute atomic E-state index is 0.0770. The number of pyridine rings is 1. The Hall–Kier alpha value is -1.74. The summed E-state index contributed by atoms with van der Waals surface area (Å²) in [6.07, 6.45) is 3.68. The molecule has 4 heterocycles. The molecule has 27 heavy (non-hydrogen) atoms. The maximum absolute atomic E-state index is 12.6. The van der Waals surface area contributed by atoms with Gasteiger partial charge in [-0.1, -0.05) is 6.07 Å². The van der Waals surface area contributed by atoms with E-state index in [1.165, 1.54) is 4.31 Å². The highest BCUT2D eigenvalue weighted by Crippen LogP contribution is 2.23. The van der Waals surface area contributed by atoms with Gasteiger partial charge in [-0.3, -0.25) is 14.8 Å². The first-order valence-corrected chi connectivity index (χ1v) is 11.0. The van der Waals surface area contributed by atoms with Crippen molar-refractivity contribution < 1.29 is 12.8 Å². The van der Waals surface area contributed by atoms with Crippen LogP contribution in [0.4, 0.5) is 0 Å². The Kier molecular flexibility index (Phi) is 5.58. The smallest absolute Gasteiger partial charge is 0.276 e. The molecule has 4 rings (SSSR count). The Morgan fingerprint density at radius 2 is 1.59 bits per heavy atom. The predicted octanol–water partition coefficient (Wildman–Crippen LogP) is 1.78. The number of furan rings is 1. The predicted molar refractivity (Wildman–Crippen MR) is 101 cm³/mol. The molecule has 2 aromatic rings. The number of aromatic nitrogens is 1. The fourth-order valence-corrected chi connectivity index (χ4v) is 5.13. The van der Waals surface area contributed by atoms with Crippen molar-refractivity contribution >= 4 is 10.0 Å². The van der Waals surface area contributed by atoms with Crippen molar-refractivity contribution in [2.75, 3.05) is 39.3 Å². The van der Waals surface area contributed by atoms with E-state index in [0.717, 1.165) is 51.3 Å². The lowest BCUT2D eigenvalue weighted by molar-refractivity contribution is 0.113. The number of nitrogens with zero attached hydrogens (tertiary/aromatic N) is 4. The van der Waals surface area contributed by atoms with E-state index in [1.807, 2.05) is 18.3 Å². The highest BCUT2D eigenvalue weighted by atomic mass is 32.2. The fourth-order valence-electron chi connectivity index (χ4n) is 3.68. The summed E-state index contributed by atoms with van der Waals surface area (Å²) in [6.45, 7) is 6.50. The average molecular weight is 391 g/mol. The number of hydrogen-bond acceptors (Lipinski definition) is 6. The van der Waals surface area contributed by atoms with E-state index in [-0.39, 0.29) is 5.09 Å². The average Bonchev–Trinajstić information content (AvgIpc) is 3.37. The SMILES string of the molecule is O=S(=O)(c1ccc(CN2CCN(Cc3ccccn3)CC2)o1)N1CCCC1. The van der Waals surface area contributed by atoms with Crippen LogP contribution in [0.2, 0.25) is 0 Å². The summed E-state index contributed by atoms with van der Waals surface area (Å²) in [6, 6.07) is 9.40. The molecule has 0 radical (unpaired) electrons. The maximum Gasteiger partial charge on any atom is 0.276 e. The van der Waals surface area contributed by atoms with Crippen molar-refractivity contribution in [2.24, 2.45) is 0 Å². The zero-order chi connectivity index (χ0) is 18.7. The van der Waals surface area contributed by atoms with Gasteiger partial charge in [0.05, 0.1) is 12.2 Å². The van der Waals surface area contributed by atoms with E-state index in [0.29, 0.717) is 25.4 Å². The largest absolute Gasteiger partial charge is 0.447 e. The third kappa shape index (κ3) is 4.40. The highest BCUT2D eigenvalue weighted by Gasteiger charge is 2.30. The molecule has 7 nitrogen and oxygen atoms in total. The van der Waals surface area contributed by atoms with Crippen LogP contribution >= 0.6 is 0 Å². The fraction of sp³-hybridized carbons (Fsp3) is 0.526. The Bertz CT molecular complexity index is 839. The summed E-state index contributed by atoms with van der Waals surface area (Å²) in [5.41, 5.74) is 1.09. The molecule has 0 spiro atoms. The minimum atomic E-state index is -3.47. The first-order chi connectivity index (χ1) is 13.1. The molecule has 2 saturated heterocycles. The van der Waals surface area contributed by atoms with Crippen LogP contribution in [0.5, 0.6) is 0 Å². The van der Waals surface area contributed by atoms with Crippen LogP contribution in [-0.2, 0) is 23.1 Å². The second-order valence-electron chi connectivity index (χ2n) is 7.21. The van der Waals surface area contributed by atoms with Gasteiger partial charge in [0.2, 0.25) is 5.09 Å². The van der Waals surface area contributed by atoms with Crippen LogP contribution in [0.3, 0.4) is 0 Å². The van der Waals surface area contributed by atoms with Crippen LogP contribution in [0.25, 0.3) is 0 Å². The first-order valence-electron chi connectivity index (χ1n) is 9.55. The zero-order valence-electron chi connectivity index (χ0n) is 15.5. The van der Waals surface area contributed by atoms with Gasteiger partial charge in [0.25, 0.3) is 10.0 Å². The first kappa shape index (κ1) is 18.6. The third-order valence-electron chi connectivity index (χ3n) is 5.25. The standard InChI is InChI=1S/C19H26N4O3S/c24-27(25,23-9-3-4-10-23)19-7-6-18(26-19)16-22-13-11-21(12-14-22)15-17-5-1-2-8-20-17/h1-2,5-8H,3-4,9-16H2. The van der Waals surface area contributed by atoms with Crippen molar-refractivity contribution in [1.82, 2.24) is 19.1 Å². The highest BCUT2D eigenvalue weighted by molar-refractivity contribution is 7.89. The van der Waals surface area contributed by atoms with Crippen LogP contribution in [0.1, 0.15) is 24.3 Å². The molecule has 2 aromatic heterocycles. The van der Waals surface area contributed by atoms with Crippen LogP contribution < -0.4 is 0 Å². The molecule has 146 valence electrons. The molecule has 0 amide bonds. The number of sulfonamides is 1. The summed E-state index contributed by atoms with van der Waals surface area (Å²) in [5.74, 6) is 0.714. The molecule has 0 saturated carbocycles. The summed E-state index contributed by atoms with van der Waals surface area (Å²) in [7, 11) is -3.47. The monoisotopic (exact) mass is 390 g/mol. The molecule has 2 aliphatic heterocycles. The second-order valence-corrected chi connectivity index (χ2v) is 9.07. The Morgan fingerprint density at radius 1 is 0.889 bits per heavy atom. The molecule has 0 N–H and O–H groups in total. The van der Waals surface area contributed by atoms with Gasteiger partial charge >= 0.3 is 0 Å². The minimum Gasteiger partial charge on any atom is -0.447 e. The van der Waals surface area contributed by atoms with Crippen molar-refractivity contribution in [1.29, 1.82) is 0 Å². The van der Waals surface area contributed by atoms with Gasteiger partial charge in [-0.25, -0.2) is 8.42 Å². The Balaban J connectivity index is 1.30. The van der Waals surface area contributed by atoms with Crippen LogP contribution in [0, 0.1) is 0 Å². The molecular formula is C19H26N4O3S. The molecule has 0 unspecified atom stereocenters. The lowest BCUT2D eigenvalue weighted by Crippen LogP contribution is -2.45. The summed E-state index contributed by atoms with van der Waals surface area (Å²) >= 11 is 0. The molecule has 0 aromatic carbocycles. The van der Waals surface area contributed by atoms with Crippen LogP contribution in [0.15, 0.2) is 46.0 Å². The van der Waals surface area contributed by atoms with Crippen molar-refractivity contribution in [2.45, 2.75) is 31.0 Å². The van der Waals surface area contributed by atoms with Crippen molar-refractivity contribution in [3.8, 4) is 0 Å². The number of hydrogen-bond donors (Lipinski definition) is 0. The molecule has 2 aliphatic rings. The third-order valence-corrected chi connectivity index (χ3v) is 7.03. The molecular weight excluding hydrogens is 364 g/mol. The van der Waals surface area contributed by atoms with Gasteiger partial charge in [-0.15, -0.1) is 0 Å². The summed E-state index contributed by atoms with van der Waals surface area (Å²) in [4.78, 5) is 9.09. The summed E-state index contributed by atoms with van der Waals surface area (Å²) < 4.78 is 32.3. The van der Waals surface area contributed by atoms with Crippen molar-refractivity contribution in [3.05, 3.63) is 48.0 Å². The topological polar surface area (TPSA) is 69.9 Å². The van der Waals surface area contributed by atoms with Gasteiger partial charge in [-0.2, -0.15) is 4.31 Å². The normalized spacial score (nSPS) is 20.3. The van der Waals surface area contributed by atoms with E-state index in [2.05, 4.69) is 20.9 Å². The quantitative estimate of drug-likeness (QED) is 0.749. The van der Waals surface area contributed by atoms with Crippen LogP contribution in [-0.4, -0.2) is 66.8 Å². The van der Waals surface area contributed by atoms with Crippen molar-refractivity contribution in [3.63, 3.8) is 0 Å². The lowest BCUT2D eigenvalue weighted by Gasteiger charge is -2.34. The van der Waals surface area contributed by atoms with E-state index in [1.54, 1.807) is 12.1 Å². The Labute approximate surface area is 160 Å². The summed E-state index contributed by atoms with van der Waals surface area (Å²) in [5, 5.41) is 0.0770. The lowest BCUT2D eigenvalue weighted by atomic mass is 10.2. The molecule has 0 atom stereocenters. The van der Waals surface area contributed by atoms with E-state index >= 15 is 0 Å². The molecule has 2 fully saturated rings. The molecule has 0 aliphatic carbocycles. The molecule has 8 heteroatoms. The number of rotatable bonds is 6. The second kappa shape index (κ2) is 8.10. The van der Waals surface area contributed by atoms with Gasteiger partial charge in [0.15, 0.2) is 0 Å². The van der Waals surface area contributed by atoms with Gasteiger partial charge in [0.1, 0.15) is 5.76 Å².